The zero-order valence-electron chi connectivity index (χ0n) is 16.8. The minimum Gasteiger partial charge on any atom is -0.396 e. The van der Waals surface area contributed by atoms with E-state index in [-0.39, 0.29) is 30.1 Å². The number of aliphatic hydroxyl groups is 4. The van der Waals surface area contributed by atoms with Gasteiger partial charge in [0.2, 0.25) is 0 Å². The summed E-state index contributed by atoms with van der Waals surface area (Å²) in [7, 11) is 0. The van der Waals surface area contributed by atoms with Crippen molar-refractivity contribution in [3.8, 4) is 0 Å². The van der Waals surface area contributed by atoms with Crippen LogP contribution in [0, 0.1) is 34.0 Å². The Balaban J connectivity index is 2.13. The predicted molar refractivity (Wildman–Crippen MR) is 98.3 cm³/mol. The molecule has 26 heavy (non-hydrogen) atoms. The zero-order valence-corrected chi connectivity index (χ0v) is 16.8. The summed E-state index contributed by atoms with van der Waals surface area (Å²) < 4.78 is 0. The first-order chi connectivity index (χ1) is 11.8. The quantitative estimate of drug-likeness (QED) is 0.567. The van der Waals surface area contributed by atoms with Crippen LogP contribution in [-0.2, 0) is 4.79 Å². The Hall–Kier alpha value is -0.490. The van der Waals surface area contributed by atoms with E-state index in [2.05, 4.69) is 0 Å². The fraction of sp³-hybridized carbons (Fsp3) is 0.952. The third-order valence-corrected chi connectivity index (χ3v) is 8.73. The molecule has 0 heterocycles. The van der Waals surface area contributed by atoms with Gasteiger partial charge in [0.05, 0.1) is 17.1 Å². The van der Waals surface area contributed by atoms with Gasteiger partial charge in [-0.2, -0.15) is 0 Å². The third-order valence-electron chi connectivity index (χ3n) is 8.73. The van der Waals surface area contributed by atoms with Crippen LogP contribution >= 0.6 is 0 Å². The zero-order chi connectivity index (χ0) is 19.7. The molecule has 0 aromatic heterocycles. The van der Waals surface area contributed by atoms with Gasteiger partial charge < -0.3 is 20.4 Å². The molecule has 0 saturated heterocycles. The first kappa shape index (κ1) is 20.2. The summed E-state index contributed by atoms with van der Waals surface area (Å²) in [6, 6.07) is 0. The van der Waals surface area contributed by atoms with E-state index in [1.54, 1.807) is 6.92 Å². The highest BCUT2D eigenvalue weighted by Gasteiger charge is 2.65. The van der Waals surface area contributed by atoms with Gasteiger partial charge in [-0.15, -0.1) is 0 Å². The summed E-state index contributed by atoms with van der Waals surface area (Å²) in [5, 5.41) is 43.6. The van der Waals surface area contributed by atoms with Crippen molar-refractivity contribution in [1.29, 1.82) is 0 Å². The highest BCUT2D eigenvalue weighted by molar-refractivity contribution is 5.90. The third kappa shape index (κ3) is 2.54. The summed E-state index contributed by atoms with van der Waals surface area (Å²) >= 11 is 0. The van der Waals surface area contributed by atoms with Crippen LogP contribution in [0.5, 0.6) is 0 Å². The lowest BCUT2D eigenvalue weighted by molar-refractivity contribution is -0.221. The maximum Gasteiger partial charge on any atom is 0.170 e. The van der Waals surface area contributed by atoms with Gasteiger partial charge in [0, 0.05) is 12.5 Å². The van der Waals surface area contributed by atoms with E-state index in [0.29, 0.717) is 25.7 Å². The number of carbonyl (C=O) groups excluding carboxylic acids is 1. The Bertz CT molecular complexity index is 589. The van der Waals surface area contributed by atoms with Crippen molar-refractivity contribution in [2.24, 2.45) is 34.0 Å². The maximum absolute atomic E-state index is 13.4. The van der Waals surface area contributed by atoms with E-state index in [4.69, 9.17) is 0 Å². The van der Waals surface area contributed by atoms with Crippen LogP contribution in [0.25, 0.3) is 0 Å². The standard InChI is InChI=1S/C21H36O5/c1-12-6-7-21(26)9-13-8-19(4,11-22)10-14(23)20(13,5)17(25)16(24)15(12)18(21,2)3/h12-16,22-24,26H,6-11H2,1-5H3. The molecular weight excluding hydrogens is 332 g/mol. The van der Waals surface area contributed by atoms with Crippen LogP contribution in [0.15, 0.2) is 0 Å². The molecule has 3 saturated carbocycles. The van der Waals surface area contributed by atoms with Crippen molar-refractivity contribution < 1.29 is 25.2 Å². The van der Waals surface area contributed by atoms with Crippen LogP contribution < -0.4 is 0 Å². The van der Waals surface area contributed by atoms with E-state index in [9.17, 15) is 25.2 Å². The fourth-order valence-electron chi connectivity index (χ4n) is 6.57. The van der Waals surface area contributed by atoms with Crippen LogP contribution in [0.1, 0.15) is 66.7 Å². The molecule has 3 aliphatic carbocycles. The minimum absolute atomic E-state index is 0.0607. The summed E-state index contributed by atoms with van der Waals surface area (Å²) in [6.45, 7) is 9.61. The first-order valence-electron chi connectivity index (χ1n) is 10.1. The molecule has 0 aromatic rings. The second-order valence-corrected chi connectivity index (χ2v) is 10.7. The number of hydrogen-bond acceptors (Lipinski definition) is 5. The van der Waals surface area contributed by atoms with Gasteiger partial charge in [0.25, 0.3) is 0 Å². The lowest BCUT2D eigenvalue weighted by atomic mass is 9.45. The second-order valence-electron chi connectivity index (χ2n) is 10.7. The largest absolute Gasteiger partial charge is 0.396 e. The van der Waals surface area contributed by atoms with Crippen molar-refractivity contribution >= 4 is 5.78 Å². The van der Waals surface area contributed by atoms with E-state index >= 15 is 0 Å². The summed E-state index contributed by atoms with van der Waals surface area (Å²) in [5.41, 5.74) is -3.16. The van der Waals surface area contributed by atoms with Gasteiger partial charge >= 0.3 is 0 Å². The fourth-order valence-corrected chi connectivity index (χ4v) is 6.57. The summed E-state index contributed by atoms with van der Waals surface area (Å²) in [6.07, 6.45) is 0.611. The molecule has 3 rings (SSSR count). The van der Waals surface area contributed by atoms with Crippen molar-refractivity contribution in [2.45, 2.75) is 84.5 Å². The molecule has 5 nitrogen and oxygen atoms in total. The molecule has 3 fully saturated rings. The lowest BCUT2D eigenvalue weighted by Crippen LogP contribution is -2.67. The molecule has 8 atom stereocenters. The van der Waals surface area contributed by atoms with Crippen molar-refractivity contribution in [1.82, 2.24) is 0 Å². The van der Waals surface area contributed by atoms with Gasteiger partial charge in [-0.3, -0.25) is 4.79 Å². The Morgan fingerprint density at radius 3 is 2.27 bits per heavy atom. The molecule has 4 N–H and O–H groups in total. The van der Waals surface area contributed by atoms with Crippen LogP contribution in [-0.4, -0.2) is 50.6 Å². The van der Waals surface area contributed by atoms with E-state index < -0.39 is 34.1 Å². The maximum atomic E-state index is 13.4. The molecular formula is C21H36O5. The Kier molecular flexibility index (Phi) is 4.67. The lowest BCUT2D eigenvalue weighted by Gasteiger charge is -2.62. The Labute approximate surface area is 156 Å². The molecule has 8 unspecified atom stereocenters. The number of hydrogen-bond donors (Lipinski definition) is 4. The number of ketones is 1. The average molecular weight is 369 g/mol. The number of Topliss-reactive ketones (excluding diaryl/α,β-unsaturated/α-hetero) is 1. The van der Waals surface area contributed by atoms with Crippen LogP contribution in [0.2, 0.25) is 0 Å². The molecule has 0 spiro atoms. The molecule has 5 heteroatoms. The summed E-state index contributed by atoms with van der Waals surface area (Å²) in [5.74, 6) is -0.759. The molecule has 3 aliphatic rings. The van der Waals surface area contributed by atoms with Crippen LogP contribution in [0.4, 0.5) is 0 Å². The van der Waals surface area contributed by atoms with Gasteiger partial charge in [-0.1, -0.05) is 27.7 Å². The Morgan fingerprint density at radius 1 is 1.08 bits per heavy atom. The van der Waals surface area contributed by atoms with Crippen molar-refractivity contribution in [3.63, 3.8) is 0 Å². The highest BCUT2D eigenvalue weighted by Crippen LogP contribution is 2.61. The van der Waals surface area contributed by atoms with Gasteiger partial charge in [-0.05, 0) is 61.7 Å². The number of aliphatic hydroxyl groups excluding tert-OH is 3. The van der Waals surface area contributed by atoms with Crippen LogP contribution in [0.3, 0.4) is 0 Å². The minimum atomic E-state index is -1.19. The monoisotopic (exact) mass is 368 g/mol. The smallest absolute Gasteiger partial charge is 0.170 e. The molecule has 0 amide bonds. The molecule has 150 valence electrons. The first-order valence-corrected chi connectivity index (χ1v) is 10.1. The Morgan fingerprint density at radius 2 is 1.69 bits per heavy atom. The average Bonchev–Trinajstić information content (AvgIpc) is 2.54. The van der Waals surface area contributed by atoms with Gasteiger partial charge in [-0.25, -0.2) is 0 Å². The number of carbonyl (C=O) groups is 1. The number of rotatable bonds is 1. The van der Waals surface area contributed by atoms with Crippen molar-refractivity contribution in [2.75, 3.05) is 6.61 Å². The normalized spacial score (nSPS) is 54.2. The van der Waals surface area contributed by atoms with E-state index in [0.717, 1.165) is 6.42 Å². The molecule has 0 aromatic carbocycles. The molecule has 2 bridgehead atoms. The van der Waals surface area contributed by atoms with E-state index in [1.165, 1.54) is 0 Å². The topological polar surface area (TPSA) is 98.0 Å². The molecule has 0 radical (unpaired) electrons. The molecule has 0 aliphatic heterocycles. The summed E-state index contributed by atoms with van der Waals surface area (Å²) in [4.78, 5) is 13.4. The van der Waals surface area contributed by atoms with Gasteiger partial charge in [0.15, 0.2) is 5.78 Å². The SMILES string of the molecule is CC1CCC2(O)CC3CC(C)(CO)CC(O)C3(C)C(=O)C(O)C1C2(C)C. The second kappa shape index (κ2) is 6.00. The van der Waals surface area contributed by atoms with E-state index in [1.807, 2.05) is 27.7 Å². The van der Waals surface area contributed by atoms with Gasteiger partial charge in [0.1, 0.15) is 6.10 Å². The predicted octanol–water partition coefficient (Wildman–Crippen LogP) is 1.90. The number of fused-ring (bicyclic) bond motifs is 3. The highest BCUT2D eigenvalue weighted by atomic mass is 16.3. The van der Waals surface area contributed by atoms with Crippen molar-refractivity contribution in [3.05, 3.63) is 0 Å².